The van der Waals surface area contributed by atoms with E-state index in [-0.39, 0.29) is 13.1 Å². The molecule has 1 atom stereocenters. The van der Waals surface area contributed by atoms with Gasteiger partial charge < -0.3 is 33.7 Å². The van der Waals surface area contributed by atoms with Crippen LogP contribution < -0.4 is 21.7 Å². The average molecular weight is 526 g/mol. The number of carboxylic acids is 1. The van der Waals surface area contributed by atoms with Crippen LogP contribution in [-0.2, 0) is 19.2 Å². The van der Waals surface area contributed by atoms with E-state index in [1.165, 1.54) is 0 Å². The third-order valence-electron chi connectivity index (χ3n) is 1.71. The van der Waals surface area contributed by atoms with Crippen LogP contribution in [0.1, 0.15) is 0 Å². The van der Waals surface area contributed by atoms with Crippen LogP contribution in [0.5, 0.6) is 0 Å². The summed E-state index contributed by atoms with van der Waals surface area (Å²) in [6, 6.07) is -1.29. The SMILES string of the molecule is [CH2-]C(NC(=O)CNC(=O)CNC(=O)CN)C(=O)O.[Rf]. The number of nitrogens with two attached hydrogens (primary N) is 1. The number of carboxylic acid groups (broad SMARTS) is 1. The van der Waals surface area contributed by atoms with Crippen molar-refractivity contribution in [1.82, 2.24) is 16.0 Å². The molecule has 0 heterocycles. The van der Waals surface area contributed by atoms with Crippen molar-refractivity contribution in [1.29, 1.82) is 0 Å². The van der Waals surface area contributed by atoms with E-state index < -0.39 is 36.3 Å². The fraction of sp³-hybridized carbons (Fsp3) is 0.444. The van der Waals surface area contributed by atoms with Crippen LogP contribution >= 0.6 is 0 Å². The van der Waals surface area contributed by atoms with Crippen molar-refractivity contribution < 1.29 is 24.3 Å². The molecule has 0 rings (SSSR count). The van der Waals surface area contributed by atoms with Gasteiger partial charge in [-0.15, -0.1) is 0 Å². The molecular weight excluding hydrogens is 511 g/mol. The van der Waals surface area contributed by atoms with E-state index in [9.17, 15) is 19.2 Å². The zero-order valence-electron chi connectivity index (χ0n) is 10.3. The average Bonchev–Trinajstić information content (AvgIpc) is 2.32. The third-order valence-corrected chi connectivity index (χ3v) is 1.71. The van der Waals surface area contributed by atoms with Crippen molar-refractivity contribution in [3.63, 3.8) is 0 Å². The van der Waals surface area contributed by atoms with Crippen molar-refractivity contribution in [2.75, 3.05) is 19.6 Å². The molecule has 0 spiro atoms. The van der Waals surface area contributed by atoms with Gasteiger partial charge in [0.05, 0.1) is 19.6 Å². The van der Waals surface area contributed by atoms with E-state index in [1.807, 2.05) is 5.32 Å². The molecule has 0 aliphatic rings. The summed E-state index contributed by atoms with van der Waals surface area (Å²) in [7, 11) is 0. The normalized spacial score (nSPS) is 10.6. The molecule has 104 valence electrons. The Kier molecular flexibility index (Phi) is 8.56. The van der Waals surface area contributed by atoms with E-state index in [2.05, 4.69) is 17.6 Å². The van der Waals surface area contributed by atoms with Gasteiger partial charge in [-0.25, -0.2) is 0 Å². The van der Waals surface area contributed by atoms with Crippen molar-refractivity contribution in [3.8, 4) is 0 Å². The molecule has 10 heteroatoms. The van der Waals surface area contributed by atoms with Crippen LogP contribution in [0.15, 0.2) is 0 Å². The summed E-state index contributed by atoms with van der Waals surface area (Å²) >= 11 is 0. The first-order valence-corrected chi connectivity index (χ1v) is 4.95. The van der Waals surface area contributed by atoms with Crippen molar-refractivity contribution in [2.24, 2.45) is 5.73 Å². The third kappa shape index (κ3) is 8.63. The molecule has 0 aliphatic heterocycles. The molecule has 6 N–H and O–H groups in total. The van der Waals surface area contributed by atoms with Gasteiger partial charge in [0, 0.05) is 6.04 Å². The van der Waals surface area contributed by atoms with Gasteiger partial charge in [0.1, 0.15) is 0 Å². The molecule has 0 saturated carbocycles. The van der Waals surface area contributed by atoms with E-state index in [1.54, 1.807) is 0 Å². The summed E-state index contributed by atoms with van der Waals surface area (Å²) in [4.78, 5) is 43.3. The maximum absolute atomic E-state index is 11.1. The Balaban J connectivity index is 0. The number of rotatable bonds is 7. The Bertz CT molecular complexity index is 350. The Hall–Kier alpha value is -3.16. The van der Waals surface area contributed by atoms with Gasteiger partial charge in [-0.1, -0.05) is 0 Å². The second kappa shape index (κ2) is 8.93. The van der Waals surface area contributed by atoms with Crippen molar-refractivity contribution in [2.45, 2.75) is 6.04 Å². The van der Waals surface area contributed by atoms with Gasteiger partial charge >= 0.3 is 0 Å². The summed E-state index contributed by atoms with van der Waals surface area (Å²) in [6.45, 7) is 2.20. The van der Waals surface area contributed by atoms with Gasteiger partial charge in [0.25, 0.3) is 5.97 Å². The monoisotopic (exact) mass is 526 g/mol. The maximum atomic E-state index is 11.1. The zero-order valence-corrected chi connectivity index (χ0v) is 16.7. The summed E-state index contributed by atoms with van der Waals surface area (Å²) in [5, 5.41) is 14.9. The summed E-state index contributed by atoms with van der Waals surface area (Å²) in [6.07, 6.45) is 0. The minimum absolute atomic E-state index is 0. The Morgan fingerprint density at radius 2 is 1.53 bits per heavy atom. The first kappa shape index (κ1) is 18.2. The molecule has 0 radical (unpaired) electrons. The van der Waals surface area contributed by atoms with E-state index >= 15 is 0 Å². The number of carbonyl (C=O) groups excluding carboxylic acids is 3. The maximum Gasteiger partial charge on any atom is 0.294 e. The minimum Gasteiger partial charge on any atom is -0.482 e. The molecular formula is C9H15N4O5Rf-. The van der Waals surface area contributed by atoms with Crippen molar-refractivity contribution in [3.05, 3.63) is 6.92 Å². The topological polar surface area (TPSA) is 151 Å². The van der Waals surface area contributed by atoms with Gasteiger partial charge in [-0.2, -0.15) is 0 Å². The first-order valence-electron chi connectivity index (χ1n) is 4.95. The number of amides is 3. The second-order valence-electron chi connectivity index (χ2n) is 3.22. The number of carbonyl (C=O) groups is 4. The van der Waals surface area contributed by atoms with Gasteiger partial charge in [0.15, 0.2) is 0 Å². The molecule has 0 saturated heterocycles. The molecule has 19 heavy (non-hydrogen) atoms. The fourth-order valence-corrected chi connectivity index (χ4v) is 0.799. The standard InChI is InChI=1S/C9H15N4O5.Rf/c1-5(9(17)18)13-8(16)4-12-7(15)3-11-6(14)2-10;/h5H,1-4,10H2,(H,11,14)(H,12,15)(H,13,16)(H,17,18);/q-1;. The molecule has 0 bridgehead atoms. The van der Waals surface area contributed by atoms with E-state index in [4.69, 9.17) is 10.8 Å². The summed E-state index contributed by atoms with van der Waals surface area (Å²) in [5.74, 6) is -3.08. The molecule has 9 nitrogen and oxygen atoms in total. The molecule has 0 aromatic heterocycles. The predicted octanol–water partition coefficient (Wildman–Crippen LogP) is -3.42. The second-order valence-corrected chi connectivity index (χ2v) is 3.22. The largest absolute Gasteiger partial charge is 0.482 e. The summed E-state index contributed by atoms with van der Waals surface area (Å²) in [5.41, 5.74) is 4.99. The molecule has 0 aromatic carbocycles. The Morgan fingerprint density at radius 1 is 1.05 bits per heavy atom. The first-order chi connectivity index (χ1) is 8.36. The number of nitrogens with one attached hydrogen (secondary N) is 3. The number of hydrogen-bond donors (Lipinski definition) is 5. The zero-order chi connectivity index (χ0) is 14.1. The van der Waals surface area contributed by atoms with Crippen molar-refractivity contribution >= 4 is 23.7 Å². The molecule has 0 aliphatic carbocycles. The molecule has 0 aromatic rings. The summed E-state index contributed by atoms with van der Waals surface area (Å²) < 4.78 is 0. The van der Waals surface area contributed by atoms with Crippen LogP contribution in [0, 0.1) is 6.92 Å². The van der Waals surface area contributed by atoms with Crippen LogP contribution in [0.4, 0.5) is 0 Å². The van der Waals surface area contributed by atoms with Crippen LogP contribution in [-0.4, -0.2) is 54.5 Å². The van der Waals surface area contributed by atoms with Crippen LogP contribution in [0.25, 0.3) is 0 Å². The van der Waals surface area contributed by atoms with Gasteiger partial charge in [-0.3, -0.25) is 19.2 Å². The quantitative estimate of drug-likeness (QED) is 0.218. The number of aliphatic carboxylic acids is 1. The minimum atomic E-state index is -1.29. The number of hydrogen-bond acceptors (Lipinski definition) is 5. The fourth-order valence-electron chi connectivity index (χ4n) is 0.799. The van der Waals surface area contributed by atoms with Gasteiger partial charge in [0.2, 0.25) is 17.7 Å². The van der Waals surface area contributed by atoms with Crippen LogP contribution in [0.2, 0.25) is 0 Å². The molecule has 3 amide bonds. The predicted molar refractivity (Wildman–Crippen MR) is 60.0 cm³/mol. The Labute approximate surface area is 103 Å². The molecule has 0 fully saturated rings. The molecule has 1 unspecified atom stereocenters. The van der Waals surface area contributed by atoms with Gasteiger partial charge in [-0.05, 0) is 0 Å². The Morgan fingerprint density at radius 3 is 2.00 bits per heavy atom. The van der Waals surface area contributed by atoms with E-state index in [0.29, 0.717) is 0 Å². The van der Waals surface area contributed by atoms with Crippen LogP contribution in [0.3, 0.4) is 0 Å². The van der Waals surface area contributed by atoms with E-state index in [0.717, 1.165) is 0 Å². The smallest absolute Gasteiger partial charge is 0.294 e.